The number of alkyl halides is 3. The van der Waals surface area contributed by atoms with E-state index in [0.29, 0.717) is 11.1 Å². The molecule has 1 aliphatic rings. The van der Waals surface area contributed by atoms with Gasteiger partial charge in [-0.3, -0.25) is 0 Å². The summed E-state index contributed by atoms with van der Waals surface area (Å²) in [6.07, 6.45) is -2.68. The number of nitriles is 1. The highest BCUT2D eigenvalue weighted by molar-refractivity contribution is 5.90. The number of aryl methyl sites for hydroxylation is 1. The summed E-state index contributed by atoms with van der Waals surface area (Å²) in [7, 11) is 0. The number of aromatic nitrogens is 1. The molecule has 7 heteroatoms. The summed E-state index contributed by atoms with van der Waals surface area (Å²) >= 11 is 0. The molecule has 0 N–H and O–H groups in total. The van der Waals surface area contributed by atoms with Crippen molar-refractivity contribution in [3.8, 4) is 11.8 Å². The lowest BCUT2D eigenvalue weighted by Crippen LogP contribution is -2.36. The maximum absolute atomic E-state index is 12.9. The van der Waals surface area contributed by atoms with Gasteiger partial charge in [0.25, 0.3) is 0 Å². The van der Waals surface area contributed by atoms with Gasteiger partial charge in [0.1, 0.15) is 0 Å². The quantitative estimate of drug-likeness (QED) is 0.456. The molecule has 1 aromatic heterocycles. The van der Waals surface area contributed by atoms with Crippen molar-refractivity contribution >= 4 is 17.3 Å². The van der Waals surface area contributed by atoms with Crippen molar-refractivity contribution in [1.82, 2.24) is 4.57 Å². The van der Waals surface area contributed by atoms with Crippen LogP contribution >= 0.6 is 0 Å². The van der Waals surface area contributed by atoms with Gasteiger partial charge in [0, 0.05) is 35.9 Å². The van der Waals surface area contributed by atoms with Crippen molar-refractivity contribution in [3.63, 3.8) is 0 Å². The maximum Gasteiger partial charge on any atom is 0.416 e. The molecule has 1 aliphatic heterocycles. The van der Waals surface area contributed by atoms with Crippen molar-refractivity contribution in [3.05, 3.63) is 82.7 Å². The molecule has 0 radical (unpaired) electrons. The Kier molecular flexibility index (Phi) is 6.30. The number of rotatable bonds is 4. The number of morpholine rings is 1. The Labute approximate surface area is 191 Å². The summed E-state index contributed by atoms with van der Waals surface area (Å²) in [5.74, 6) is 0. The highest BCUT2D eigenvalue weighted by Gasteiger charge is 2.30. The van der Waals surface area contributed by atoms with Crippen LogP contribution in [0.25, 0.3) is 17.3 Å². The number of benzene rings is 2. The van der Waals surface area contributed by atoms with Gasteiger partial charge < -0.3 is 14.2 Å². The summed E-state index contributed by atoms with van der Waals surface area (Å²) < 4.78 is 46.1. The number of anilines is 1. The molecule has 2 heterocycles. The monoisotopic (exact) mass is 451 g/mol. The molecule has 0 bridgehead atoms. The fourth-order valence-corrected chi connectivity index (χ4v) is 4.14. The van der Waals surface area contributed by atoms with Gasteiger partial charge in [-0.15, -0.1) is 0 Å². The second kappa shape index (κ2) is 9.16. The molecule has 0 atom stereocenters. The van der Waals surface area contributed by atoms with E-state index in [1.807, 2.05) is 19.9 Å². The Hall–Kier alpha value is -3.50. The van der Waals surface area contributed by atoms with E-state index in [-0.39, 0.29) is 0 Å². The zero-order valence-corrected chi connectivity index (χ0v) is 18.5. The minimum Gasteiger partial charge on any atom is -0.378 e. The van der Waals surface area contributed by atoms with Crippen molar-refractivity contribution < 1.29 is 17.9 Å². The maximum atomic E-state index is 12.9. The third-order valence-electron chi connectivity index (χ3n) is 5.90. The smallest absolute Gasteiger partial charge is 0.378 e. The number of allylic oxidation sites excluding steroid dienone is 1. The van der Waals surface area contributed by atoms with Crippen molar-refractivity contribution in [2.75, 3.05) is 31.2 Å². The predicted molar refractivity (Wildman–Crippen MR) is 123 cm³/mol. The number of ether oxygens (including phenoxy) is 1. The summed E-state index contributed by atoms with van der Waals surface area (Å²) in [6, 6.07) is 17.1. The van der Waals surface area contributed by atoms with Gasteiger partial charge in [-0.2, -0.15) is 18.4 Å². The van der Waals surface area contributed by atoms with Crippen LogP contribution in [0.15, 0.2) is 54.6 Å². The highest BCUT2D eigenvalue weighted by atomic mass is 19.4. The lowest BCUT2D eigenvalue weighted by atomic mass is 10.0. The molecule has 0 spiro atoms. The predicted octanol–water partition coefficient (Wildman–Crippen LogP) is 6.01. The molecule has 4 rings (SSSR count). The summed E-state index contributed by atoms with van der Waals surface area (Å²) in [5.41, 5.74) is 4.99. The third-order valence-corrected chi connectivity index (χ3v) is 5.90. The lowest BCUT2D eigenvalue weighted by Gasteiger charge is -2.29. The highest BCUT2D eigenvalue weighted by Crippen LogP contribution is 2.31. The van der Waals surface area contributed by atoms with E-state index in [9.17, 15) is 18.4 Å². The SMILES string of the molecule is Cc1cc(/C=C(/C#N)c2ccc(C(F)(F)F)cc2)c(C)n1-c1ccc(N2CCOCC2)cc1. The van der Waals surface area contributed by atoms with Crippen LogP contribution in [0.1, 0.15) is 28.1 Å². The van der Waals surface area contributed by atoms with Gasteiger partial charge in [-0.05, 0) is 73.5 Å². The van der Waals surface area contributed by atoms with E-state index in [0.717, 1.165) is 66.8 Å². The molecular weight excluding hydrogens is 427 g/mol. The standard InChI is InChI=1S/C26H24F3N3O/c1-18-15-21(16-22(17-30)20-3-5-23(6-4-20)26(27,28)29)19(2)32(18)25-9-7-24(8-10-25)31-11-13-33-14-12-31/h3-10,15-16H,11-14H2,1-2H3/b22-16-. The molecule has 33 heavy (non-hydrogen) atoms. The minimum atomic E-state index is -4.41. The van der Waals surface area contributed by atoms with Crippen molar-refractivity contribution in [2.24, 2.45) is 0 Å². The van der Waals surface area contributed by atoms with E-state index >= 15 is 0 Å². The molecule has 1 saturated heterocycles. The van der Waals surface area contributed by atoms with Gasteiger partial charge in [-0.1, -0.05) is 12.1 Å². The molecule has 0 aliphatic carbocycles. The molecule has 0 amide bonds. The van der Waals surface area contributed by atoms with Crippen LogP contribution in [0.2, 0.25) is 0 Å². The first kappa shape index (κ1) is 22.7. The van der Waals surface area contributed by atoms with Crippen LogP contribution in [0.4, 0.5) is 18.9 Å². The van der Waals surface area contributed by atoms with Crippen LogP contribution < -0.4 is 4.90 Å². The van der Waals surface area contributed by atoms with Gasteiger partial charge in [0.15, 0.2) is 0 Å². The first-order chi connectivity index (χ1) is 15.8. The van der Waals surface area contributed by atoms with Crippen molar-refractivity contribution in [2.45, 2.75) is 20.0 Å². The van der Waals surface area contributed by atoms with Crippen LogP contribution in [0.3, 0.4) is 0 Å². The van der Waals surface area contributed by atoms with Gasteiger partial charge in [0.05, 0.1) is 30.4 Å². The van der Waals surface area contributed by atoms with Gasteiger partial charge in [-0.25, -0.2) is 0 Å². The third kappa shape index (κ3) is 4.81. The first-order valence-corrected chi connectivity index (χ1v) is 10.7. The van der Waals surface area contributed by atoms with E-state index in [1.165, 1.54) is 12.1 Å². The Bertz CT molecular complexity index is 1190. The molecule has 170 valence electrons. The van der Waals surface area contributed by atoms with Gasteiger partial charge in [0.2, 0.25) is 0 Å². The second-order valence-electron chi connectivity index (χ2n) is 8.02. The molecule has 3 aromatic rings. The van der Waals surface area contributed by atoms with E-state index < -0.39 is 11.7 Å². The van der Waals surface area contributed by atoms with Crippen molar-refractivity contribution in [1.29, 1.82) is 5.26 Å². The van der Waals surface area contributed by atoms with Crippen LogP contribution in [-0.2, 0) is 10.9 Å². The Morgan fingerprint density at radius 3 is 2.15 bits per heavy atom. The molecule has 1 fully saturated rings. The lowest BCUT2D eigenvalue weighted by molar-refractivity contribution is -0.137. The fourth-order valence-electron chi connectivity index (χ4n) is 4.14. The number of nitrogens with zero attached hydrogens (tertiary/aromatic N) is 3. The summed E-state index contributed by atoms with van der Waals surface area (Å²) in [4.78, 5) is 2.29. The Morgan fingerprint density at radius 2 is 1.58 bits per heavy atom. The normalized spacial score (nSPS) is 14.9. The topological polar surface area (TPSA) is 41.2 Å². The number of hydrogen-bond donors (Lipinski definition) is 0. The summed E-state index contributed by atoms with van der Waals surface area (Å²) in [6.45, 7) is 7.16. The first-order valence-electron chi connectivity index (χ1n) is 10.7. The Morgan fingerprint density at radius 1 is 0.970 bits per heavy atom. The van der Waals surface area contributed by atoms with Crippen LogP contribution in [0, 0.1) is 25.2 Å². The molecule has 0 saturated carbocycles. The van der Waals surface area contributed by atoms with E-state index in [4.69, 9.17) is 4.74 Å². The largest absolute Gasteiger partial charge is 0.416 e. The number of halogens is 3. The average molecular weight is 451 g/mol. The summed E-state index contributed by atoms with van der Waals surface area (Å²) in [5, 5.41) is 9.65. The van der Waals surface area contributed by atoms with Gasteiger partial charge >= 0.3 is 6.18 Å². The Balaban J connectivity index is 1.62. The molecular formula is C26H24F3N3O. The molecule has 4 nitrogen and oxygen atoms in total. The molecule has 2 aromatic carbocycles. The minimum absolute atomic E-state index is 0.312. The molecule has 0 unspecified atom stereocenters. The fraction of sp³-hybridized carbons (Fsp3) is 0.269. The van der Waals surface area contributed by atoms with Crippen LogP contribution in [-0.4, -0.2) is 30.9 Å². The zero-order chi connectivity index (χ0) is 23.6. The van der Waals surface area contributed by atoms with E-state index in [2.05, 4.69) is 39.8 Å². The number of hydrogen-bond acceptors (Lipinski definition) is 3. The zero-order valence-electron chi connectivity index (χ0n) is 18.5. The van der Waals surface area contributed by atoms with Crippen LogP contribution in [0.5, 0.6) is 0 Å². The second-order valence-corrected chi connectivity index (χ2v) is 8.02. The average Bonchev–Trinajstić information content (AvgIpc) is 3.10. The van der Waals surface area contributed by atoms with E-state index in [1.54, 1.807) is 6.08 Å².